The van der Waals surface area contributed by atoms with Gasteiger partial charge in [-0.15, -0.1) is 0 Å². The van der Waals surface area contributed by atoms with Crippen molar-refractivity contribution in [2.45, 2.75) is 43.6 Å². The topological polar surface area (TPSA) is 123 Å². The van der Waals surface area contributed by atoms with Crippen LogP contribution in [0.1, 0.15) is 39.4 Å². The number of amides is 4. The molecule has 1 saturated heterocycles. The van der Waals surface area contributed by atoms with Crippen LogP contribution in [-0.4, -0.2) is 52.6 Å². The number of H-pyrrole nitrogens is 1. The molecule has 0 bridgehead atoms. The summed E-state index contributed by atoms with van der Waals surface area (Å²) in [5.41, 5.74) is -7.55. The van der Waals surface area contributed by atoms with Crippen molar-refractivity contribution in [2.24, 2.45) is 0 Å². The van der Waals surface area contributed by atoms with Gasteiger partial charge in [-0.2, -0.15) is 39.5 Å². The van der Waals surface area contributed by atoms with Crippen molar-refractivity contribution in [3.8, 4) is 0 Å². The van der Waals surface area contributed by atoms with Gasteiger partial charge in [-0.3, -0.25) is 19.2 Å². The zero-order chi connectivity index (χ0) is 37.3. The van der Waals surface area contributed by atoms with Crippen LogP contribution in [-0.2, 0) is 50.7 Å². The molecule has 0 saturated carbocycles. The first-order valence-electron chi connectivity index (χ1n) is 15.0. The fourth-order valence-electron chi connectivity index (χ4n) is 5.72. The second-order valence-corrected chi connectivity index (χ2v) is 11.6. The zero-order valence-corrected chi connectivity index (χ0v) is 25.9. The third-order valence-electron chi connectivity index (χ3n) is 7.98. The average Bonchev–Trinajstić information content (AvgIpc) is 3.46. The summed E-state index contributed by atoms with van der Waals surface area (Å²) in [6.07, 6.45) is -16.5. The van der Waals surface area contributed by atoms with Crippen LogP contribution < -0.4 is 16.0 Å². The molecule has 0 spiro atoms. The quantitative estimate of drug-likeness (QED) is 0.176. The van der Waals surface area contributed by atoms with Gasteiger partial charge in [0.05, 0.1) is 16.7 Å². The Morgan fingerprint density at radius 2 is 1.45 bits per heavy atom. The van der Waals surface area contributed by atoms with Crippen LogP contribution in [0.2, 0.25) is 0 Å². The smallest absolute Gasteiger partial charge is 0.361 e. The number of halogens is 9. The maximum Gasteiger partial charge on any atom is 0.417 e. The first kappa shape index (κ1) is 36.7. The van der Waals surface area contributed by atoms with Gasteiger partial charge in [0.25, 0.3) is 5.91 Å². The van der Waals surface area contributed by atoms with Crippen LogP contribution in [0.3, 0.4) is 0 Å². The van der Waals surface area contributed by atoms with E-state index in [1.165, 1.54) is 6.20 Å². The number of rotatable bonds is 9. The summed E-state index contributed by atoms with van der Waals surface area (Å²) in [4.78, 5) is 56.2. The number of para-hydroxylation sites is 1. The van der Waals surface area contributed by atoms with Crippen molar-refractivity contribution in [3.05, 3.63) is 106 Å². The highest BCUT2D eigenvalue weighted by atomic mass is 19.4. The Morgan fingerprint density at radius 1 is 0.843 bits per heavy atom. The summed E-state index contributed by atoms with van der Waals surface area (Å²) in [5.74, 6) is -3.30. The van der Waals surface area contributed by atoms with Gasteiger partial charge in [-0.25, -0.2) is 0 Å². The largest absolute Gasteiger partial charge is 0.417 e. The summed E-state index contributed by atoms with van der Waals surface area (Å²) in [6.45, 7) is -2.31. The van der Waals surface area contributed by atoms with Crippen LogP contribution >= 0.6 is 0 Å². The number of alkyl halides is 9. The van der Waals surface area contributed by atoms with E-state index in [4.69, 9.17) is 0 Å². The normalized spacial score (nSPS) is 16.2. The molecule has 9 nitrogen and oxygen atoms in total. The number of hydrogen-bond donors (Lipinski definition) is 4. The number of benzene rings is 3. The van der Waals surface area contributed by atoms with Gasteiger partial charge >= 0.3 is 18.5 Å². The van der Waals surface area contributed by atoms with Gasteiger partial charge in [0.2, 0.25) is 17.7 Å². The van der Waals surface area contributed by atoms with Gasteiger partial charge < -0.3 is 25.8 Å². The van der Waals surface area contributed by atoms with E-state index < -0.39 is 96.1 Å². The van der Waals surface area contributed by atoms with E-state index in [1.807, 2.05) is 0 Å². The fraction of sp³-hybridized carbons (Fsp3) is 0.273. The minimum atomic E-state index is -6.02. The van der Waals surface area contributed by atoms with Gasteiger partial charge in [0.15, 0.2) is 0 Å². The number of aromatic nitrogens is 1. The number of aromatic amines is 1. The first-order chi connectivity index (χ1) is 23.8. The maximum absolute atomic E-state index is 13.6. The zero-order valence-electron chi connectivity index (χ0n) is 25.9. The Labute approximate surface area is 282 Å². The highest BCUT2D eigenvalue weighted by Crippen LogP contribution is 2.47. The van der Waals surface area contributed by atoms with E-state index in [-0.39, 0.29) is 18.6 Å². The van der Waals surface area contributed by atoms with Crippen LogP contribution in [0.25, 0.3) is 10.9 Å². The lowest BCUT2D eigenvalue weighted by Crippen LogP contribution is -2.57. The maximum atomic E-state index is 13.6. The van der Waals surface area contributed by atoms with Crippen molar-refractivity contribution < 1.29 is 58.7 Å². The van der Waals surface area contributed by atoms with Crippen molar-refractivity contribution in [3.63, 3.8) is 0 Å². The molecule has 0 aliphatic carbocycles. The van der Waals surface area contributed by atoms with Gasteiger partial charge in [0.1, 0.15) is 25.2 Å². The van der Waals surface area contributed by atoms with Crippen LogP contribution in [0.15, 0.2) is 72.9 Å². The molecule has 2 heterocycles. The molecular weight excluding hydrogens is 701 g/mol. The number of fused-ring (bicyclic) bond motifs is 1. The molecular formula is C33H26F9N5O4. The SMILES string of the molecule is O=C(CN1CC(=O)NC(c2ccccc2)C1=O)NC(Cc1c[nH]c2ccccc12)C(=O)NCc1cc(C(F)(F)F)c(C(F)(F)F)c(C(F)(F)F)c1. The third-order valence-corrected chi connectivity index (χ3v) is 7.98. The molecule has 270 valence electrons. The van der Waals surface area contributed by atoms with Crippen LogP contribution in [0.4, 0.5) is 39.5 Å². The Hall–Kier alpha value is -5.55. The van der Waals surface area contributed by atoms with Gasteiger partial charge in [-0.05, 0) is 34.9 Å². The lowest BCUT2D eigenvalue weighted by atomic mass is 9.95. The molecule has 1 aliphatic rings. The van der Waals surface area contributed by atoms with Crippen molar-refractivity contribution in [1.29, 1.82) is 0 Å². The number of hydrogen-bond acceptors (Lipinski definition) is 4. The number of piperazine rings is 1. The van der Waals surface area contributed by atoms with Crippen LogP contribution in [0, 0.1) is 0 Å². The Morgan fingerprint density at radius 3 is 2.06 bits per heavy atom. The van der Waals surface area contributed by atoms with E-state index in [0.717, 1.165) is 4.90 Å². The molecule has 2 unspecified atom stereocenters. The third kappa shape index (κ3) is 8.43. The molecule has 5 rings (SSSR count). The molecule has 4 amide bonds. The lowest BCUT2D eigenvalue weighted by Gasteiger charge is -2.32. The minimum Gasteiger partial charge on any atom is -0.361 e. The Balaban J connectivity index is 1.40. The van der Waals surface area contributed by atoms with E-state index in [0.29, 0.717) is 22.0 Å². The summed E-state index contributed by atoms with van der Waals surface area (Å²) in [7, 11) is 0. The number of nitrogens with zero attached hydrogens (tertiary/aromatic N) is 1. The van der Waals surface area contributed by atoms with Gasteiger partial charge in [0, 0.05) is 30.1 Å². The van der Waals surface area contributed by atoms with E-state index >= 15 is 0 Å². The molecule has 4 aromatic rings. The first-order valence-corrected chi connectivity index (χ1v) is 15.0. The number of nitrogens with one attached hydrogen (secondary N) is 4. The van der Waals surface area contributed by atoms with Crippen LogP contribution in [0.5, 0.6) is 0 Å². The minimum absolute atomic E-state index is 0.137. The summed E-state index contributed by atoms with van der Waals surface area (Å²) < 4.78 is 122. The number of carbonyl (C=O) groups excluding carboxylic acids is 4. The molecule has 0 radical (unpaired) electrons. The van der Waals surface area contributed by atoms with E-state index in [2.05, 4.69) is 20.9 Å². The molecule has 3 aromatic carbocycles. The second kappa shape index (κ2) is 14.0. The average molecular weight is 728 g/mol. The van der Waals surface area contributed by atoms with E-state index in [9.17, 15) is 58.7 Å². The molecule has 1 aliphatic heterocycles. The second-order valence-electron chi connectivity index (χ2n) is 11.6. The number of carbonyl (C=O) groups is 4. The summed E-state index contributed by atoms with van der Waals surface area (Å²) in [6, 6.07) is 11.9. The predicted molar refractivity (Wildman–Crippen MR) is 161 cm³/mol. The highest BCUT2D eigenvalue weighted by molar-refractivity contribution is 5.98. The highest BCUT2D eigenvalue weighted by Gasteiger charge is 2.50. The van der Waals surface area contributed by atoms with Crippen molar-refractivity contribution >= 4 is 34.5 Å². The predicted octanol–water partition coefficient (Wildman–Crippen LogP) is 5.27. The molecule has 4 N–H and O–H groups in total. The van der Waals surface area contributed by atoms with E-state index in [1.54, 1.807) is 54.6 Å². The Kier molecular flexibility index (Phi) is 10.1. The standard InChI is InChI=1S/C33H26F9N5O4/c34-31(35,36)21-10-17(11-22(32(37,38)39)27(21)33(40,41)42)13-44-29(50)24(12-19-14-43-23-9-5-4-8-20(19)23)45-25(48)15-47-16-26(49)46-28(30(47)51)18-6-2-1-3-7-18/h1-11,14,24,28,43H,12-13,15-16H2,(H,44,50)(H,45,48)(H,46,49). The lowest BCUT2D eigenvalue weighted by molar-refractivity contribution is -0.174. The molecule has 18 heteroatoms. The van der Waals surface area contributed by atoms with Crippen molar-refractivity contribution in [1.82, 2.24) is 25.8 Å². The summed E-state index contributed by atoms with van der Waals surface area (Å²) in [5, 5.41) is 7.63. The Bertz CT molecular complexity index is 1920. The van der Waals surface area contributed by atoms with Gasteiger partial charge in [-0.1, -0.05) is 48.5 Å². The fourth-order valence-corrected chi connectivity index (χ4v) is 5.72. The molecule has 2 atom stereocenters. The molecule has 1 fully saturated rings. The molecule has 51 heavy (non-hydrogen) atoms. The van der Waals surface area contributed by atoms with Crippen molar-refractivity contribution in [2.75, 3.05) is 13.1 Å². The molecule has 1 aromatic heterocycles. The monoisotopic (exact) mass is 727 g/mol. The summed E-state index contributed by atoms with van der Waals surface area (Å²) >= 11 is 0.